The van der Waals surface area contributed by atoms with Gasteiger partial charge in [0.05, 0.1) is 32.3 Å². The Balaban J connectivity index is 1.88. The topological polar surface area (TPSA) is 85.4 Å². The fourth-order valence-electron chi connectivity index (χ4n) is 4.08. The third-order valence-corrected chi connectivity index (χ3v) is 9.74. The van der Waals surface area contributed by atoms with E-state index in [1.807, 2.05) is 37.3 Å². The van der Waals surface area contributed by atoms with Gasteiger partial charge in [-0.15, -0.1) is 11.3 Å². The first-order valence-corrected chi connectivity index (χ1v) is 15.6. The standard InChI is InChI=1S/C28H34Cl2N2O6S2/c1-20-6-9-23(39-20)18-31(14-12-21-7-11-25(37-3)26(16-21)38-4)28(33)19-32(13-5-15-36-2)40(34,35)27-17-22(29)8-10-24(27)30/h6-11,16-17H,5,12-15,18-19H2,1-4H3. The van der Waals surface area contributed by atoms with Gasteiger partial charge in [0.25, 0.3) is 0 Å². The van der Waals surface area contributed by atoms with Crippen molar-refractivity contribution >= 4 is 50.5 Å². The Morgan fingerprint density at radius 3 is 2.35 bits per heavy atom. The number of hydrogen-bond acceptors (Lipinski definition) is 7. The molecule has 0 bridgehead atoms. The third kappa shape index (κ3) is 8.58. The van der Waals surface area contributed by atoms with Gasteiger partial charge >= 0.3 is 0 Å². The van der Waals surface area contributed by atoms with E-state index in [0.717, 1.165) is 19.6 Å². The maximum absolute atomic E-state index is 13.8. The molecule has 3 rings (SSSR count). The first-order valence-electron chi connectivity index (χ1n) is 12.6. The summed E-state index contributed by atoms with van der Waals surface area (Å²) >= 11 is 13.9. The quantitative estimate of drug-likeness (QED) is 0.201. The molecule has 0 unspecified atom stereocenters. The van der Waals surface area contributed by atoms with E-state index >= 15 is 0 Å². The maximum Gasteiger partial charge on any atom is 0.245 e. The summed E-state index contributed by atoms with van der Waals surface area (Å²) < 4.78 is 44.4. The van der Waals surface area contributed by atoms with E-state index < -0.39 is 10.0 Å². The lowest BCUT2D eigenvalue weighted by Crippen LogP contribution is -2.43. The summed E-state index contributed by atoms with van der Waals surface area (Å²) in [5.41, 5.74) is 0.952. The van der Waals surface area contributed by atoms with E-state index in [-0.39, 0.29) is 33.9 Å². The SMILES string of the molecule is COCCCN(CC(=O)N(CCc1ccc(OC)c(OC)c1)Cc1ccc(C)s1)S(=O)(=O)c1cc(Cl)ccc1Cl. The van der Waals surface area contributed by atoms with Crippen LogP contribution in [0.15, 0.2) is 53.4 Å². The van der Waals surface area contributed by atoms with Crippen molar-refractivity contribution < 1.29 is 27.4 Å². The average Bonchev–Trinajstić information content (AvgIpc) is 3.35. The van der Waals surface area contributed by atoms with Crippen molar-refractivity contribution in [2.24, 2.45) is 0 Å². The summed E-state index contributed by atoms with van der Waals surface area (Å²) in [6.45, 7) is 2.78. The lowest BCUT2D eigenvalue weighted by atomic mass is 10.1. The van der Waals surface area contributed by atoms with Gasteiger partial charge in [-0.1, -0.05) is 29.3 Å². The van der Waals surface area contributed by atoms with Crippen LogP contribution < -0.4 is 9.47 Å². The highest BCUT2D eigenvalue weighted by Gasteiger charge is 2.30. The van der Waals surface area contributed by atoms with Crippen molar-refractivity contribution in [2.45, 2.75) is 31.2 Å². The lowest BCUT2D eigenvalue weighted by molar-refractivity contribution is -0.132. The number of carbonyl (C=O) groups excluding carboxylic acids is 1. The number of rotatable bonds is 15. The molecule has 0 radical (unpaired) electrons. The van der Waals surface area contributed by atoms with Gasteiger partial charge in [-0.2, -0.15) is 4.31 Å². The zero-order valence-electron chi connectivity index (χ0n) is 23.0. The number of nitrogens with zero attached hydrogens (tertiary/aromatic N) is 2. The number of carbonyl (C=O) groups is 1. The Morgan fingerprint density at radius 1 is 0.950 bits per heavy atom. The number of methoxy groups -OCH3 is 3. The molecule has 0 atom stereocenters. The van der Waals surface area contributed by atoms with Crippen LogP contribution in [0.1, 0.15) is 21.7 Å². The highest BCUT2D eigenvalue weighted by atomic mass is 35.5. The predicted octanol–water partition coefficient (Wildman–Crippen LogP) is 5.68. The van der Waals surface area contributed by atoms with Crippen LogP contribution >= 0.6 is 34.5 Å². The molecule has 40 heavy (non-hydrogen) atoms. The Labute approximate surface area is 250 Å². The van der Waals surface area contributed by atoms with Crippen LogP contribution in [0.4, 0.5) is 0 Å². The van der Waals surface area contributed by atoms with Crippen LogP contribution in [0, 0.1) is 6.92 Å². The molecule has 1 amide bonds. The number of sulfonamides is 1. The molecule has 1 aromatic heterocycles. The van der Waals surface area contributed by atoms with Gasteiger partial charge in [0, 0.05) is 41.6 Å². The minimum atomic E-state index is -4.13. The number of aryl methyl sites for hydroxylation is 1. The van der Waals surface area contributed by atoms with E-state index in [1.165, 1.54) is 25.3 Å². The maximum atomic E-state index is 13.8. The summed E-state index contributed by atoms with van der Waals surface area (Å²) in [5.74, 6) is 0.885. The monoisotopic (exact) mass is 628 g/mol. The number of amides is 1. The van der Waals surface area contributed by atoms with Crippen molar-refractivity contribution in [3.8, 4) is 11.5 Å². The number of thiophene rings is 1. The highest BCUT2D eigenvalue weighted by Crippen LogP contribution is 2.29. The molecule has 0 saturated heterocycles. The second-order valence-electron chi connectivity index (χ2n) is 9.03. The highest BCUT2D eigenvalue weighted by molar-refractivity contribution is 7.89. The van der Waals surface area contributed by atoms with Gasteiger partial charge in [0.2, 0.25) is 15.9 Å². The number of hydrogen-bond donors (Lipinski definition) is 0. The van der Waals surface area contributed by atoms with Crippen molar-refractivity contribution in [1.29, 1.82) is 0 Å². The van der Waals surface area contributed by atoms with Gasteiger partial charge in [-0.05, 0) is 67.8 Å². The first-order chi connectivity index (χ1) is 19.1. The molecule has 0 N–H and O–H groups in total. The van der Waals surface area contributed by atoms with Crippen LogP contribution in [0.5, 0.6) is 11.5 Å². The molecule has 3 aromatic rings. The molecular weight excluding hydrogens is 595 g/mol. The molecule has 0 aliphatic heterocycles. The van der Waals surface area contributed by atoms with Gasteiger partial charge in [0.15, 0.2) is 11.5 Å². The molecule has 218 valence electrons. The number of halogens is 2. The molecule has 1 heterocycles. The Kier molecular flexibility index (Phi) is 12.1. The largest absolute Gasteiger partial charge is 0.493 e. The molecule has 12 heteroatoms. The van der Waals surface area contributed by atoms with Crippen LogP contribution in [-0.2, 0) is 32.5 Å². The summed E-state index contributed by atoms with van der Waals surface area (Å²) in [7, 11) is 0.553. The minimum absolute atomic E-state index is 0.0351. The molecular formula is C28H34Cl2N2O6S2. The molecule has 0 spiro atoms. The summed E-state index contributed by atoms with van der Waals surface area (Å²) in [5, 5.41) is 0.267. The molecule has 2 aromatic carbocycles. The zero-order valence-corrected chi connectivity index (χ0v) is 26.1. The first kappa shape index (κ1) is 32.2. The molecule has 8 nitrogen and oxygen atoms in total. The van der Waals surface area contributed by atoms with E-state index in [2.05, 4.69) is 0 Å². The Hall–Kier alpha value is -2.34. The van der Waals surface area contributed by atoms with Gasteiger partial charge in [0.1, 0.15) is 4.90 Å². The van der Waals surface area contributed by atoms with Crippen molar-refractivity contribution in [3.05, 3.63) is 73.9 Å². The lowest BCUT2D eigenvalue weighted by Gasteiger charge is -2.27. The zero-order chi connectivity index (χ0) is 29.3. The second-order valence-corrected chi connectivity index (χ2v) is 13.1. The minimum Gasteiger partial charge on any atom is -0.493 e. The summed E-state index contributed by atoms with van der Waals surface area (Å²) in [6.07, 6.45) is 0.934. The normalized spacial score (nSPS) is 11.6. The van der Waals surface area contributed by atoms with Crippen LogP contribution in [0.2, 0.25) is 10.0 Å². The van der Waals surface area contributed by atoms with E-state index in [4.69, 9.17) is 37.4 Å². The summed E-state index contributed by atoms with van der Waals surface area (Å²) in [6, 6.07) is 13.8. The fraction of sp³-hybridized carbons (Fsp3) is 0.393. The number of ether oxygens (including phenoxy) is 3. The van der Waals surface area contributed by atoms with E-state index in [1.54, 1.807) is 30.5 Å². The molecule has 0 saturated carbocycles. The van der Waals surface area contributed by atoms with Crippen molar-refractivity contribution in [3.63, 3.8) is 0 Å². The van der Waals surface area contributed by atoms with Crippen molar-refractivity contribution in [2.75, 3.05) is 47.6 Å². The van der Waals surface area contributed by atoms with Gasteiger partial charge in [-0.3, -0.25) is 4.79 Å². The summed E-state index contributed by atoms with van der Waals surface area (Å²) in [4.78, 5) is 17.4. The molecule has 0 aliphatic rings. The number of benzene rings is 2. The predicted molar refractivity (Wildman–Crippen MR) is 159 cm³/mol. The van der Waals surface area contributed by atoms with E-state index in [0.29, 0.717) is 44.0 Å². The Bertz CT molecular complexity index is 1400. The average molecular weight is 630 g/mol. The van der Waals surface area contributed by atoms with Crippen LogP contribution in [-0.4, -0.2) is 71.1 Å². The molecule has 0 aliphatic carbocycles. The smallest absolute Gasteiger partial charge is 0.245 e. The van der Waals surface area contributed by atoms with Crippen LogP contribution in [0.3, 0.4) is 0 Å². The Morgan fingerprint density at radius 2 is 1.70 bits per heavy atom. The van der Waals surface area contributed by atoms with Crippen molar-refractivity contribution in [1.82, 2.24) is 9.21 Å². The van der Waals surface area contributed by atoms with E-state index in [9.17, 15) is 13.2 Å². The third-order valence-electron chi connectivity index (χ3n) is 6.19. The molecule has 0 fully saturated rings. The second kappa shape index (κ2) is 15.0. The van der Waals surface area contributed by atoms with Gasteiger partial charge < -0.3 is 19.1 Å². The fourth-order valence-corrected chi connectivity index (χ4v) is 7.16. The van der Waals surface area contributed by atoms with Gasteiger partial charge in [-0.25, -0.2) is 8.42 Å². The van der Waals surface area contributed by atoms with Crippen LogP contribution in [0.25, 0.3) is 0 Å².